The van der Waals surface area contributed by atoms with Gasteiger partial charge in [0.15, 0.2) is 0 Å². The van der Waals surface area contributed by atoms with Gasteiger partial charge in [-0.1, -0.05) is 12.1 Å². The molecule has 2 aliphatic rings. The number of sulfone groups is 1. The minimum atomic E-state index is -3.04. The van der Waals surface area contributed by atoms with Crippen LogP contribution in [0.15, 0.2) is 42.5 Å². The molecule has 200 valence electrons. The molecule has 0 aliphatic heterocycles. The van der Waals surface area contributed by atoms with Crippen LogP contribution >= 0.6 is 0 Å². The van der Waals surface area contributed by atoms with Crippen molar-refractivity contribution < 1.29 is 32.2 Å². The highest BCUT2D eigenvalue weighted by molar-refractivity contribution is 7.90. The summed E-state index contributed by atoms with van der Waals surface area (Å²) in [7, 11) is -3.04. The summed E-state index contributed by atoms with van der Waals surface area (Å²) in [6, 6.07) is 12.4. The summed E-state index contributed by atoms with van der Waals surface area (Å²) < 4.78 is 48.9. The van der Waals surface area contributed by atoms with E-state index in [2.05, 4.69) is 4.98 Å². The first-order chi connectivity index (χ1) is 18.0. The standard InChI is InChI=1S/C29H30FNO6S/c1-16-11-25(36-9-4-10-38(3,34)35)31-17(2)26(16)18-5-8-24(30)20(12-18)15-37-21-6-7-22-19(13-21)14-23-27(22)28(23)29(32)33/h5-8,11-13,23,27-28H,4,9-10,14-15H2,1-3H3,(H,32,33). The van der Waals surface area contributed by atoms with Crippen LogP contribution in [-0.2, 0) is 27.7 Å². The van der Waals surface area contributed by atoms with Crippen LogP contribution in [0.1, 0.15) is 40.3 Å². The first-order valence-electron chi connectivity index (χ1n) is 12.6. The molecule has 1 saturated carbocycles. The van der Waals surface area contributed by atoms with Gasteiger partial charge in [0.2, 0.25) is 5.88 Å². The molecule has 0 amide bonds. The normalized spacial score (nSPS) is 19.5. The fraction of sp³-hybridized carbons (Fsp3) is 0.379. The molecule has 38 heavy (non-hydrogen) atoms. The van der Waals surface area contributed by atoms with Crippen LogP contribution in [0.3, 0.4) is 0 Å². The number of hydrogen-bond donors (Lipinski definition) is 1. The molecule has 0 bridgehead atoms. The van der Waals surface area contributed by atoms with E-state index in [9.17, 15) is 22.7 Å². The van der Waals surface area contributed by atoms with Crippen molar-refractivity contribution in [3.8, 4) is 22.8 Å². The lowest BCUT2D eigenvalue weighted by atomic mass is 9.97. The molecule has 1 N–H and O–H groups in total. The predicted octanol–water partition coefficient (Wildman–Crippen LogP) is 4.87. The summed E-state index contributed by atoms with van der Waals surface area (Å²) in [5, 5.41) is 9.31. The topological polar surface area (TPSA) is 103 Å². The van der Waals surface area contributed by atoms with Gasteiger partial charge in [0.25, 0.3) is 0 Å². The van der Waals surface area contributed by atoms with Gasteiger partial charge in [0, 0.05) is 35.1 Å². The van der Waals surface area contributed by atoms with Gasteiger partial charge in [-0.15, -0.1) is 0 Å². The largest absolute Gasteiger partial charge is 0.489 e. The Kier molecular flexibility index (Phi) is 6.90. The van der Waals surface area contributed by atoms with E-state index in [4.69, 9.17) is 9.47 Å². The highest BCUT2D eigenvalue weighted by Crippen LogP contribution is 2.61. The molecule has 0 saturated heterocycles. The SMILES string of the molecule is Cc1cc(OCCCS(C)(=O)=O)nc(C)c1-c1ccc(F)c(COc2ccc3c(c2)CC2C(C(=O)O)C32)c1. The molecule has 7 nitrogen and oxygen atoms in total. The maximum absolute atomic E-state index is 14.7. The molecule has 1 fully saturated rings. The number of rotatable bonds is 10. The van der Waals surface area contributed by atoms with Crippen molar-refractivity contribution in [2.75, 3.05) is 18.6 Å². The first kappa shape index (κ1) is 26.2. The fourth-order valence-corrected chi connectivity index (χ4v) is 6.27. The van der Waals surface area contributed by atoms with Crippen LogP contribution in [0.5, 0.6) is 11.6 Å². The summed E-state index contributed by atoms with van der Waals surface area (Å²) in [5.74, 6) is 0.0313. The molecule has 2 aromatic carbocycles. The zero-order chi connectivity index (χ0) is 27.2. The summed E-state index contributed by atoms with van der Waals surface area (Å²) >= 11 is 0. The summed E-state index contributed by atoms with van der Waals surface area (Å²) in [6.45, 7) is 4.09. The van der Waals surface area contributed by atoms with Crippen molar-refractivity contribution in [2.24, 2.45) is 11.8 Å². The van der Waals surface area contributed by atoms with E-state index in [1.165, 1.54) is 12.3 Å². The van der Waals surface area contributed by atoms with Crippen molar-refractivity contribution >= 4 is 15.8 Å². The fourth-order valence-electron chi connectivity index (χ4n) is 5.62. The number of carboxylic acid groups (broad SMARTS) is 1. The number of aromatic nitrogens is 1. The van der Waals surface area contributed by atoms with Gasteiger partial charge in [0.05, 0.1) is 18.3 Å². The lowest BCUT2D eigenvalue weighted by Gasteiger charge is -2.15. The summed E-state index contributed by atoms with van der Waals surface area (Å²) in [6.07, 6.45) is 2.32. The molecular formula is C29H30FNO6S. The van der Waals surface area contributed by atoms with Crippen LogP contribution in [0.4, 0.5) is 4.39 Å². The lowest BCUT2D eigenvalue weighted by molar-refractivity contribution is -0.139. The third-order valence-electron chi connectivity index (χ3n) is 7.40. The number of aryl methyl sites for hydroxylation is 2. The average molecular weight is 540 g/mol. The van der Waals surface area contributed by atoms with Crippen LogP contribution in [-0.4, -0.2) is 43.1 Å². The zero-order valence-electron chi connectivity index (χ0n) is 21.5. The van der Waals surface area contributed by atoms with Crippen molar-refractivity contribution in [3.63, 3.8) is 0 Å². The van der Waals surface area contributed by atoms with Crippen molar-refractivity contribution in [1.82, 2.24) is 4.98 Å². The first-order valence-corrected chi connectivity index (χ1v) is 14.6. The molecular weight excluding hydrogens is 509 g/mol. The molecule has 0 spiro atoms. The van der Waals surface area contributed by atoms with Crippen LogP contribution < -0.4 is 9.47 Å². The second-order valence-electron chi connectivity index (χ2n) is 10.3. The second kappa shape index (κ2) is 10.0. The van der Waals surface area contributed by atoms with E-state index in [0.29, 0.717) is 23.6 Å². The molecule has 9 heteroatoms. The molecule has 2 aliphatic carbocycles. The van der Waals surface area contributed by atoms with Gasteiger partial charge < -0.3 is 14.6 Å². The Hall–Kier alpha value is -3.46. The van der Waals surface area contributed by atoms with Gasteiger partial charge in [-0.3, -0.25) is 4.79 Å². The van der Waals surface area contributed by atoms with Gasteiger partial charge in [-0.2, -0.15) is 0 Å². The van der Waals surface area contributed by atoms with Crippen molar-refractivity contribution in [2.45, 2.75) is 39.2 Å². The maximum Gasteiger partial charge on any atom is 0.307 e. The highest BCUT2D eigenvalue weighted by Gasteiger charge is 2.59. The summed E-state index contributed by atoms with van der Waals surface area (Å²) in [5.41, 5.74) is 5.93. The van der Waals surface area contributed by atoms with Gasteiger partial charge in [0.1, 0.15) is 28.0 Å². The zero-order valence-corrected chi connectivity index (χ0v) is 22.3. The van der Waals surface area contributed by atoms with E-state index >= 15 is 0 Å². The third-order valence-corrected chi connectivity index (χ3v) is 8.43. The highest BCUT2D eigenvalue weighted by atomic mass is 32.2. The maximum atomic E-state index is 14.7. The Balaban J connectivity index is 1.27. The number of aliphatic carboxylic acids is 1. The number of pyridine rings is 1. The predicted molar refractivity (Wildman–Crippen MR) is 141 cm³/mol. The number of carbonyl (C=O) groups is 1. The number of carboxylic acids is 1. The number of ether oxygens (including phenoxy) is 2. The molecule has 1 heterocycles. The monoisotopic (exact) mass is 539 g/mol. The Morgan fingerprint density at radius 2 is 1.92 bits per heavy atom. The van der Waals surface area contributed by atoms with Crippen LogP contribution in [0, 0.1) is 31.5 Å². The van der Waals surface area contributed by atoms with Gasteiger partial charge in [-0.05, 0) is 79.1 Å². The Morgan fingerprint density at radius 1 is 1.13 bits per heavy atom. The Labute approximate surface area is 221 Å². The Morgan fingerprint density at radius 3 is 2.63 bits per heavy atom. The quantitative estimate of drug-likeness (QED) is 0.367. The number of halogens is 1. The number of nitrogens with zero attached hydrogens (tertiary/aromatic N) is 1. The Bertz CT molecular complexity index is 1500. The van der Waals surface area contributed by atoms with Gasteiger partial charge >= 0.3 is 5.97 Å². The molecule has 3 unspecified atom stereocenters. The summed E-state index contributed by atoms with van der Waals surface area (Å²) in [4.78, 5) is 15.8. The number of benzene rings is 2. The second-order valence-corrected chi connectivity index (χ2v) is 12.5. The molecule has 5 rings (SSSR count). The third kappa shape index (κ3) is 5.38. The average Bonchev–Trinajstić information content (AvgIpc) is 3.43. The smallest absolute Gasteiger partial charge is 0.307 e. The molecule has 3 aromatic rings. The van der Waals surface area contributed by atoms with E-state index in [-0.39, 0.29) is 42.5 Å². The molecule has 3 atom stereocenters. The number of fused-ring (bicyclic) bond motifs is 3. The minimum absolute atomic E-state index is 0.0517. The van der Waals surface area contributed by atoms with E-state index in [1.807, 2.05) is 32.0 Å². The van der Waals surface area contributed by atoms with Crippen molar-refractivity contribution in [1.29, 1.82) is 0 Å². The van der Waals surface area contributed by atoms with Crippen LogP contribution in [0.25, 0.3) is 11.1 Å². The molecule has 0 radical (unpaired) electrons. The lowest BCUT2D eigenvalue weighted by Crippen LogP contribution is -2.09. The van der Waals surface area contributed by atoms with E-state index in [1.54, 1.807) is 18.2 Å². The minimum Gasteiger partial charge on any atom is -0.489 e. The van der Waals surface area contributed by atoms with E-state index < -0.39 is 15.8 Å². The van der Waals surface area contributed by atoms with E-state index in [0.717, 1.165) is 39.9 Å². The van der Waals surface area contributed by atoms with Crippen LogP contribution in [0.2, 0.25) is 0 Å². The number of hydrogen-bond acceptors (Lipinski definition) is 6. The van der Waals surface area contributed by atoms with Crippen molar-refractivity contribution in [3.05, 3.63) is 76.2 Å². The molecule has 1 aromatic heterocycles. The van der Waals surface area contributed by atoms with Gasteiger partial charge in [-0.25, -0.2) is 17.8 Å².